The predicted octanol–water partition coefficient (Wildman–Crippen LogP) is 2.45. The van der Waals surface area contributed by atoms with Gasteiger partial charge in [-0.1, -0.05) is 41.7 Å². The average Bonchev–Trinajstić information content (AvgIpc) is 3.13. The largest absolute Gasteiger partial charge is 0.396 e. The van der Waals surface area contributed by atoms with Gasteiger partial charge in [-0.05, 0) is 20.3 Å². The van der Waals surface area contributed by atoms with Gasteiger partial charge in [-0.2, -0.15) is 0 Å². The smallest absolute Gasteiger partial charge is 0.243 e. The molecule has 1 aliphatic rings. The van der Waals surface area contributed by atoms with Crippen LogP contribution >= 0.6 is 11.3 Å². The summed E-state index contributed by atoms with van der Waals surface area (Å²) in [6.07, 6.45) is 1.22. The Kier molecular flexibility index (Phi) is 5.16. The number of amides is 1. The molecule has 1 atom stereocenters. The van der Waals surface area contributed by atoms with Crippen LogP contribution in [0, 0.1) is 0 Å². The zero-order chi connectivity index (χ0) is 17.1. The highest BCUT2D eigenvalue weighted by Crippen LogP contribution is 2.42. The quantitative estimate of drug-likeness (QED) is 0.789. The van der Waals surface area contributed by atoms with Crippen LogP contribution in [-0.4, -0.2) is 41.2 Å². The average molecular weight is 345 g/mol. The van der Waals surface area contributed by atoms with Crippen LogP contribution in [0.1, 0.15) is 26.0 Å². The lowest BCUT2D eigenvalue weighted by Gasteiger charge is -2.29. The molecule has 0 saturated carbocycles. The minimum atomic E-state index is -0.206. The van der Waals surface area contributed by atoms with Gasteiger partial charge in [-0.3, -0.25) is 4.79 Å². The summed E-state index contributed by atoms with van der Waals surface area (Å²) in [5, 5.41) is 13.9. The first-order valence-electron chi connectivity index (χ1n) is 8.34. The van der Waals surface area contributed by atoms with E-state index in [4.69, 9.17) is 10.1 Å². The lowest BCUT2D eigenvalue weighted by molar-refractivity contribution is -0.122. The number of hydrogen-bond donors (Lipinski definition) is 2. The molecule has 1 aromatic carbocycles. The highest BCUT2D eigenvalue weighted by molar-refractivity contribution is 7.19. The van der Waals surface area contributed by atoms with E-state index in [1.807, 2.05) is 18.2 Å². The van der Waals surface area contributed by atoms with Gasteiger partial charge in [-0.25, -0.2) is 4.98 Å². The number of nitrogens with zero attached hydrogens (tertiary/aromatic N) is 2. The number of aliphatic hydroxyl groups is 1. The number of anilines is 1. The van der Waals surface area contributed by atoms with Crippen LogP contribution in [0.2, 0.25) is 0 Å². The van der Waals surface area contributed by atoms with Gasteiger partial charge in [0.1, 0.15) is 16.1 Å². The van der Waals surface area contributed by atoms with Gasteiger partial charge in [0.2, 0.25) is 5.91 Å². The Labute approximate surface area is 146 Å². The molecule has 0 bridgehead atoms. The van der Waals surface area contributed by atoms with Crippen molar-refractivity contribution >= 4 is 22.2 Å². The molecule has 1 aliphatic heterocycles. The number of hydrogen-bond acceptors (Lipinski definition) is 5. The standard InChI is InChI=1S/C18H23N3O2S/c1-12(2)21-15(16(23)19-9-6-10-22)11-14-18(21)24-17(20-14)13-7-4-3-5-8-13/h3-5,7-8,12,15,22H,6,9-11H2,1-2H3,(H,19,23)/t15-/m1/s1. The number of carbonyl (C=O) groups excluding carboxylic acids is 1. The van der Waals surface area contributed by atoms with Crippen LogP contribution in [0.4, 0.5) is 5.00 Å². The van der Waals surface area contributed by atoms with Crippen LogP contribution in [0.3, 0.4) is 0 Å². The number of rotatable bonds is 6. The van der Waals surface area contributed by atoms with E-state index >= 15 is 0 Å². The second-order valence-electron chi connectivity index (χ2n) is 6.23. The van der Waals surface area contributed by atoms with Gasteiger partial charge < -0.3 is 15.3 Å². The molecule has 24 heavy (non-hydrogen) atoms. The van der Waals surface area contributed by atoms with E-state index in [0.29, 0.717) is 19.4 Å². The summed E-state index contributed by atoms with van der Waals surface area (Å²) in [7, 11) is 0. The fraction of sp³-hybridized carbons (Fsp3) is 0.444. The van der Waals surface area contributed by atoms with E-state index in [1.54, 1.807) is 11.3 Å². The molecular weight excluding hydrogens is 322 g/mol. The number of fused-ring (bicyclic) bond motifs is 1. The van der Waals surface area contributed by atoms with Gasteiger partial charge in [0.05, 0.1) is 5.69 Å². The van der Waals surface area contributed by atoms with Crippen molar-refractivity contribution in [1.29, 1.82) is 0 Å². The van der Waals surface area contributed by atoms with Crippen molar-refractivity contribution in [3.8, 4) is 10.6 Å². The molecule has 1 amide bonds. The maximum Gasteiger partial charge on any atom is 0.243 e. The third kappa shape index (κ3) is 3.30. The van der Waals surface area contributed by atoms with Crippen molar-refractivity contribution in [2.75, 3.05) is 18.1 Å². The minimum absolute atomic E-state index is 0.0172. The second-order valence-corrected chi connectivity index (χ2v) is 7.20. The Morgan fingerprint density at radius 3 is 2.83 bits per heavy atom. The van der Waals surface area contributed by atoms with Crippen molar-refractivity contribution in [3.63, 3.8) is 0 Å². The molecular formula is C18H23N3O2S. The van der Waals surface area contributed by atoms with Crippen molar-refractivity contribution < 1.29 is 9.90 Å². The zero-order valence-electron chi connectivity index (χ0n) is 14.0. The van der Waals surface area contributed by atoms with Crippen molar-refractivity contribution in [3.05, 3.63) is 36.0 Å². The van der Waals surface area contributed by atoms with Crippen LogP contribution in [0.25, 0.3) is 10.6 Å². The van der Waals surface area contributed by atoms with Gasteiger partial charge in [0.15, 0.2) is 0 Å². The number of carbonyl (C=O) groups is 1. The highest BCUT2D eigenvalue weighted by Gasteiger charge is 2.38. The summed E-state index contributed by atoms with van der Waals surface area (Å²) >= 11 is 1.66. The Morgan fingerprint density at radius 1 is 1.42 bits per heavy atom. The maximum absolute atomic E-state index is 12.5. The predicted molar refractivity (Wildman–Crippen MR) is 97.4 cm³/mol. The molecule has 0 fully saturated rings. The monoisotopic (exact) mass is 345 g/mol. The van der Waals surface area contributed by atoms with E-state index in [1.165, 1.54) is 0 Å². The molecule has 6 heteroatoms. The first kappa shape index (κ1) is 16.9. The minimum Gasteiger partial charge on any atom is -0.396 e. The Balaban J connectivity index is 1.81. The molecule has 0 spiro atoms. The number of benzene rings is 1. The molecule has 2 aromatic rings. The molecule has 2 heterocycles. The third-order valence-corrected chi connectivity index (χ3v) is 5.31. The van der Waals surface area contributed by atoms with Crippen LogP contribution in [-0.2, 0) is 11.2 Å². The SMILES string of the molecule is CC(C)N1c2sc(-c3ccccc3)nc2C[C@@H]1C(=O)NCCCO. The molecule has 0 radical (unpaired) electrons. The van der Waals surface area contributed by atoms with E-state index in [9.17, 15) is 4.79 Å². The van der Waals surface area contributed by atoms with Crippen LogP contribution in [0.15, 0.2) is 30.3 Å². The Hall–Kier alpha value is -1.92. The van der Waals surface area contributed by atoms with Gasteiger partial charge >= 0.3 is 0 Å². The molecule has 0 unspecified atom stereocenters. The lowest BCUT2D eigenvalue weighted by Crippen LogP contribution is -2.48. The van der Waals surface area contributed by atoms with Gasteiger partial charge in [0, 0.05) is 31.2 Å². The molecule has 1 aromatic heterocycles. The summed E-state index contributed by atoms with van der Waals surface area (Å²) in [6, 6.07) is 10.2. The van der Waals surface area contributed by atoms with Crippen LogP contribution in [0.5, 0.6) is 0 Å². The van der Waals surface area contributed by atoms with E-state index in [0.717, 1.165) is 21.3 Å². The first-order chi connectivity index (χ1) is 11.6. The molecule has 3 rings (SSSR count). The summed E-state index contributed by atoms with van der Waals surface area (Å²) in [6.45, 7) is 4.80. The lowest BCUT2D eigenvalue weighted by atomic mass is 10.1. The summed E-state index contributed by atoms with van der Waals surface area (Å²) in [5.41, 5.74) is 2.12. The maximum atomic E-state index is 12.5. The molecule has 128 valence electrons. The second kappa shape index (κ2) is 7.32. The number of aliphatic hydroxyl groups excluding tert-OH is 1. The van der Waals surface area contributed by atoms with E-state index in [2.05, 4.69) is 36.2 Å². The van der Waals surface area contributed by atoms with Gasteiger partial charge in [0.25, 0.3) is 0 Å². The molecule has 0 aliphatic carbocycles. The van der Waals surface area contributed by atoms with Crippen LogP contribution < -0.4 is 10.2 Å². The molecule has 5 nitrogen and oxygen atoms in total. The summed E-state index contributed by atoms with van der Waals surface area (Å²) < 4.78 is 0. The Morgan fingerprint density at radius 2 is 2.17 bits per heavy atom. The van der Waals surface area contributed by atoms with Crippen molar-refractivity contribution in [2.24, 2.45) is 0 Å². The molecule has 0 saturated heterocycles. The topological polar surface area (TPSA) is 65.5 Å². The fourth-order valence-corrected chi connectivity index (χ4v) is 4.31. The fourth-order valence-electron chi connectivity index (χ4n) is 3.03. The summed E-state index contributed by atoms with van der Waals surface area (Å²) in [5.74, 6) is 0.0172. The number of aromatic nitrogens is 1. The highest BCUT2D eigenvalue weighted by atomic mass is 32.1. The van der Waals surface area contributed by atoms with E-state index < -0.39 is 0 Å². The zero-order valence-corrected chi connectivity index (χ0v) is 14.8. The van der Waals surface area contributed by atoms with Gasteiger partial charge in [-0.15, -0.1) is 0 Å². The summed E-state index contributed by atoms with van der Waals surface area (Å²) in [4.78, 5) is 19.5. The van der Waals surface area contributed by atoms with E-state index in [-0.39, 0.29) is 24.6 Å². The molecule has 2 N–H and O–H groups in total. The number of thiazole rings is 1. The normalized spacial score (nSPS) is 16.5. The van der Waals surface area contributed by atoms with Crippen molar-refractivity contribution in [2.45, 2.75) is 38.8 Å². The first-order valence-corrected chi connectivity index (χ1v) is 9.15. The third-order valence-electron chi connectivity index (χ3n) is 4.15. The number of nitrogens with one attached hydrogen (secondary N) is 1. The Bertz CT molecular complexity index is 700. The van der Waals surface area contributed by atoms with Crippen molar-refractivity contribution in [1.82, 2.24) is 10.3 Å².